The summed E-state index contributed by atoms with van der Waals surface area (Å²) in [6.45, 7) is 2.64. The van der Waals surface area contributed by atoms with Gasteiger partial charge in [0.05, 0.1) is 11.8 Å². The maximum absolute atomic E-state index is 14.3. The van der Waals surface area contributed by atoms with Gasteiger partial charge >= 0.3 is 0 Å². The standard InChI is InChI=1S/C16H22FNO/c1-11(19)13-6-4-7-14(17)16(13)18-10-9-12-5-2-3-8-15(12)18/h4,6-7,11-12,15,19H,2-3,5,8-10H2,1H3/t11-,12?,15?/m1/s1. The van der Waals surface area contributed by atoms with Crippen LogP contribution in [0.1, 0.15) is 50.7 Å². The second-order valence-electron chi connectivity index (χ2n) is 5.95. The van der Waals surface area contributed by atoms with Gasteiger partial charge in [0.25, 0.3) is 0 Å². The van der Waals surface area contributed by atoms with Crippen LogP contribution in [0.3, 0.4) is 0 Å². The van der Waals surface area contributed by atoms with E-state index in [1.165, 1.54) is 25.3 Å². The Bertz CT molecular complexity index is 460. The summed E-state index contributed by atoms with van der Waals surface area (Å²) >= 11 is 0. The van der Waals surface area contributed by atoms with Crippen LogP contribution in [0.2, 0.25) is 0 Å². The van der Waals surface area contributed by atoms with Crippen LogP contribution in [0, 0.1) is 11.7 Å². The van der Waals surface area contributed by atoms with Gasteiger partial charge in [0.2, 0.25) is 0 Å². The molecule has 104 valence electrons. The van der Waals surface area contributed by atoms with E-state index < -0.39 is 6.10 Å². The van der Waals surface area contributed by atoms with E-state index in [-0.39, 0.29) is 5.82 Å². The average molecular weight is 263 g/mol. The zero-order valence-electron chi connectivity index (χ0n) is 11.5. The summed E-state index contributed by atoms with van der Waals surface area (Å²) in [6, 6.07) is 5.52. The molecule has 3 atom stereocenters. The van der Waals surface area contributed by atoms with E-state index in [9.17, 15) is 9.50 Å². The Kier molecular flexibility index (Phi) is 3.48. The van der Waals surface area contributed by atoms with Crippen molar-refractivity contribution in [1.82, 2.24) is 0 Å². The Hall–Kier alpha value is -1.09. The molecule has 1 N–H and O–H groups in total. The zero-order chi connectivity index (χ0) is 13.4. The molecule has 2 fully saturated rings. The van der Waals surface area contributed by atoms with Gasteiger partial charge in [-0.1, -0.05) is 25.0 Å². The van der Waals surface area contributed by atoms with E-state index in [1.807, 2.05) is 6.07 Å². The number of aliphatic hydroxyl groups is 1. The van der Waals surface area contributed by atoms with Crippen molar-refractivity contribution in [3.63, 3.8) is 0 Å². The molecule has 1 saturated carbocycles. The van der Waals surface area contributed by atoms with Crippen molar-refractivity contribution in [3.05, 3.63) is 29.6 Å². The highest BCUT2D eigenvalue weighted by molar-refractivity contribution is 5.57. The third kappa shape index (κ3) is 2.25. The Morgan fingerprint density at radius 2 is 2.05 bits per heavy atom. The van der Waals surface area contributed by atoms with E-state index in [0.29, 0.717) is 11.7 Å². The van der Waals surface area contributed by atoms with Crippen molar-refractivity contribution in [1.29, 1.82) is 0 Å². The molecule has 3 heteroatoms. The van der Waals surface area contributed by atoms with Gasteiger partial charge in [-0.05, 0) is 38.2 Å². The number of aliphatic hydroxyl groups excluding tert-OH is 1. The molecule has 0 aromatic heterocycles. The number of rotatable bonds is 2. The first-order valence-electron chi connectivity index (χ1n) is 7.41. The van der Waals surface area contributed by atoms with Crippen molar-refractivity contribution in [2.24, 2.45) is 5.92 Å². The Balaban J connectivity index is 1.97. The van der Waals surface area contributed by atoms with Crippen LogP contribution in [-0.2, 0) is 0 Å². The monoisotopic (exact) mass is 263 g/mol. The minimum atomic E-state index is -0.617. The maximum atomic E-state index is 14.3. The third-order valence-corrected chi connectivity index (χ3v) is 4.77. The van der Waals surface area contributed by atoms with E-state index in [2.05, 4.69) is 4.90 Å². The summed E-state index contributed by atoms with van der Waals surface area (Å²) in [7, 11) is 0. The van der Waals surface area contributed by atoms with Gasteiger partial charge in [-0.15, -0.1) is 0 Å². The normalized spacial score (nSPS) is 28.3. The number of nitrogens with zero attached hydrogens (tertiary/aromatic N) is 1. The SMILES string of the molecule is C[C@@H](O)c1cccc(F)c1N1CCC2CCCCC21. The average Bonchev–Trinajstić information content (AvgIpc) is 2.82. The van der Waals surface area contributed by atoms with Crippen LogP contribution >= 0.6 is 0 Å². The van der Waals surface area contributed by atoms with Gasteiger partial charge in [-0.25, -0.2) is 4.39 Å². The molecule has 2 nitrogen and oxygen atoms in total. The van der Waals surface area contributed by atoms with Crippen LogP contribution in [0.5, 0.6) is 0 Å². The van der Waals surface area contributed by atoms with Crippen molar-refractivity contribution in [2.75, 3.05) is 11.4 Å². The third-order valence-electron chi connectivity index (χ3n) is 4.77. The smallest absolute Gasteiger partial charge is 0.146 e. The lowest BCUT2D eigenvalue weighted by Crippen LogP contribution is -2.36. The van der Waals surface area contributed by atoms with Crippen LogP contribution < -0.4 is 4.90 Å². The summed E-state index contributed by atoms with van der Waals surface area (Å²) in [5.41, 5.74) is 1.37. The predicted octanol–water partition coefficient (Wildman–Crippen LogP) is 3.65. The minimum absolute atomic E-state index is 0.190. The molecule has 0 amide bonds. The number of benzene rings is 1. The number of anilines is 1. The van der Waals surface area contributed by atoms with Crippen molar-refractivity contribution < 1.29 is 9.50 Å². The van der Waals surface area contributed by atoms with Crippen LogP contribution in [0.15, 0.2) is 18.2 Å². The summed E-state index contributed by atoms with van der Waals surface area (Å²) in [5, 5.41) is 9.89. The molecule has 0 spiro atoms. The zero-order valence-corrected chi connectivity index (χ0v) is 11.5. The molecule has 1 aromatic rings. The fourth-order valence-corrected chi connectivity index (χ4v) is 3.86. The number of halogens is 1. The van der Waals surface area contributed by atoms with Crippen LogP contribution in [-0.4, -0.2) is 17.7 Å². The second kappa shape index (κ2) is 5.12. The summed E-state index contributed by atoms with van der Waals surface area (Å²) in [5.74, 6) is 0.528. The molecular weight excluding hydrogens is 241 g/mol. The van der Waals surface area contributed by atoms with Crippen LogP contribution in [0.25, 0.3) is 0 Å². The molecule has 1 aromatic carbocycles. The van der Waals surface area contributed by atoms with Crippen LogP contribution in [0.4, 0.5) is 10.1 Å². The molecule has 0 radical (unpaired) electrons. The van der Waals surface area contributed by atoms with Crippen molar-refractivity contribution in [3.8, 4) is 0 Å². The van der Waals surface area contributed by atoms with Gasteiger partial charge in [0.15, 0.2) is 0 Å². The maximum Gasteiger partial charge on any atom is 0.146 e. The Labute approximate surface area is 114 Å². The molecule has 2 unspecified atom stereocenters. The van der Waals surface area contributed by atoms with Gasteiger partial charge in [-0.3, -0.25) is 0 Å². The Morgan fingerprint density at radius 1 is 1.26 bits per heavy atom. The molecule has 19 heavy (non-hydrogen) atoms. The summed E-state index contributed by atoms with van der Waals surface area (Å²) < 4.78 is 14.3. The van der Waals surface area contributed by atoms with Crippen molar-refractivity contribution in [2.45, 2.75) is 51.2 Å². The van der Waals surface area contributed by atoms with Gasteiger partial charge in [0, 0.05) is 18.2 Å². The molecule has 1 aliphatic carbocycles. The number of para-hydroxylation sites is 1. The fourth-order valence-electron chi connectivity index (χ4n) is 3.86. The number of hydrogen-bond donors (Lipinski definition) is 1. The first kappa shape index (κ1) is 12.9. The van der Waals surface area contributed by atoms with Gasteiger partial charge < -0.3 is 10.0 Å². The lowest BCUT2D eigenvalue weighted by Gasteiger charge is -2.34. The quantitative estimate of drug-likeness (QED) is 0.880. The largest absolute Gasteiger partial charge is 0.389 e. The van der Waals surface area contributed by atoms with E-state index in [4.69, 9.17) is 0 Å². The van der Waals surface area contributed by atoms with E-state index in [0.717, 1.165) is 30.9 Å². The lowest BCUT2D eigenvalue weighted by atomic mass is 9.85. The summed E-state index contributed by atoms with van der Waals surface area (Å²) in [6.07, 6.45) is 5.55. The molecule has 1 heterocycles. The number of fused-ring (bicyclic) bond motifs is 1. The lowest BCUT2D eigenvalue weighted by molar-refractivity contribution is 0.199. The molecular formula is C16H22FNO. The number of hydrogen-bond acceptors (Lipinski definition) is 2. The Morgan fingerprint density at radius 3 is 2.84 bits per heavy atom. The highest BCUT2D eigenvalue weighted by atomic mass is 19.1. The topological polar surface area (TPSA) is 23.5 Å². The predicted molar refractivity (Wildman–Crippen MR) is 74.7 cm³/mol. The molecule has 1 saturated heterocycles. The molecule has 0 bridgehead atoms. The molecule has 1 aliphatic heterocycles. The van der Waals surface area contributed by atoms with Crippen molar-refractivity contribution >= 4 is 5.69 Å². The fraction of sp³-hybridized carbons (Fsp3) is 0.625. The highest BCUT2D eigenvalue weighted by Crippen LogP contribution is 2.41. The minimum Gasteiger partial charge on any atom is -0.389 e. The second-order valence-corrected chi connectivity index (χ2v) is 5.95. The van der Waals surface area contributed by atoms with Gasteiger partial charge in [0.1, 0.15) is 5.82 Å². The first-order valence-corrected chi connectivity index (χ1v) is 7.41. The molecule has 3 rings (SSSR count). The van der Waals surface area contributed by atoms with Gasteiger partial charge in [-0.2, -0.15) is 0 Å². The first-order chi connectivity index (χ1) is 9.18. The molecule has 2 aliphatic rings. The highest BCUT2D eigenvalue weighted by Gasteiger charge is 2.37. The van der Waals surface area contributed by atoms with E-state index >= 15 is 0 Å². The van der Waals surface area contributed by atoms with E-state index in [1.54, 1.807) is 13.0 Å². The summed E-state index contributed by atoms with van der Waals surface area (Å²) in [4.78, 5) is 2.22.